The fraction of sp³-hybridized carbons (Fsp3) is 0.889. The smallest absolute Gasteiger partial charge is 0.407 e. The molecule has 1 spiro atoms. The fourth-order valence-corrected chi connectivity index (χ4v) is 3.98. The number of likely N-dealkylation sites (tertiary alicyclic amines) is 1. The third-order valence-corrected chi connectivity index (χ3v) is 5.55. The molecule has 2 heterocycles. The van der Waals surface area contributed by atoms with E-state index in [1.54, 1.807) is 0 Å². The van der Waals surface area contributed by atoms with E-state index in [9.17, 15) is 9.59 Å². The molecular formula is C18H32N2O4. The number of carbonyl (C=O) groups excluding carboxylic acids is 2. The van der Waals surface area contributed by atoms with Gasteiger partial charge in [-0.25, -0.2) is 4.79 Å². The van der Waals surface area contributed by atoms with Crippen molar-refractivity contribution in [1.29, 1.82) is 0 Å². The Morgan fingerprint density at radius 2 is 1.83 bits per heavy atom. The summed E-state index contributed by atoms with van der Waals surface area (Å²) in [5, 5.41) is 2.72. The molecule has 0 bridgehead atoms. The van der Waals surface area contributed by atoms with Crippen LogP contribution in [0.5, 0.6) is 0 Å². The van der Waals surface area contributed by atoms with Crippen molar-refractivity contribution in [3.05, 3.63) is 0 Å². The molecule has 0 aromatic heterocycles. The Balaban J connectivity index is 2.19. The van der Waals surface area contributed by atoms with Gasteiger partial charge in [0.05, 0.1) is 7.11 Å². The zero-order chi connectivity index (χ0) is 17.9. The van der Waals surface area contributed by atoms with Gasteiger partial charge in [-0.05, 0) is 36.5 Å². The number of amides is 2. The highest BCUT2D eigenvalue weighted by molar-refractivity contribution is 5.86. The molecule has 2 amide bonds. The molecule has 0 aromatic carbocycles. The van der Waals surface area contributed by atoms with Crippen molar-refractivity contribution in [2.75, 3.05) is 26.9 Å². The number of hydrogen-bond acceptors (Lipinski definition) is 4. The summed E-state index contributed by atoms with van der Waals surface area (Å²) < 4.78 is 10.2. The summed E-state index contributed by atoms with van der Waals surface area (Å²) in [6, 6.07) is -0.329. The summed E-state index contributed by atoms with van der Waals surface area (Å²) in [6.45, 7) is 10.6. The number of alkyl carbamates (subject to hydrolysis) is 1. The minimum absolute atomic E-state index is 0.00986. The van der Waals surface area contributed by atoms with Crippen molar-refractivity contribution in [2.24, 2.45) is 17.3 Å². The molecule has 0 aliphatic carbocycles. The molecule has 2 aliphatic rings. The average Bonchev–Trinajstić information content (AvgIpc) is 2.91. The molecule has 2 fully saturated rings. The van der Waals surface area contributed by atoms with Gasteiger partial charge in [0.1, 0.15) is 6.04 Å². The maximum atomic E-state index is 13.2. The predicted octanol–water partition coefficient (Wildman–Crippen LogP) is 2.42. The van der Waals surface area contributed by atoms with Crippen LogP contribution in [0.25, 0.3) is 0 Å². The molecule has 2 aliphatic heterocycles. The van der Waals surface area contributed by atoms with Gasteiger partial charge in [0.15, 0.2) is 0 Å². The minimum Gasteiger partial charge on any atom is -0.453 e. The Labute approximate surface area is 145 Å². The monoisotopic (exact) mass is 340 g/mol. The Kier molecular flexibility index (Phi) is 6.12. The van der Waals surface area contributed by atoms with Crippen LogP contribution in [0.3, 0.4) is 0 Å². The molecule has 2 atom stereocenters. The molecule has 0 unspecified atom stereocenters. The van der Waals surface area contributed by atoms with Gasteiger partial charge in [-0.2, -0.15) is 0 Å². The third kappa shape index (κ3) is 4.02. The normalized spacial score (nSPS) is 24.5. The van der Waals surface area contributed by atoms with E-state index in [1.165, 1.54) is 7.11 Å². The van der Waals surface area contributed by atoms with Gasteiger partial charge >= 0.3 is 6.09 Å². The largest absolute Gasteiger partial charge is 0.453 e. The Morgan fingerprint density at radius 3 is 2.33 bits per heavy atom. The highest BCUT2D eigenvalue weighted by atomic mass is 16.5. The first-order valence-corrected chi connectivity index (χ1v) is 9.02. The molecule has 0 aromatic rings. The summed E-state index contributed by atoms with van der Waals surface area (Å²) in [5.41, 5.74) is 0.176. The number of methoxy groups -OCH3 is 1. The van der Waals surface area contributed by atoms with Gasteiger partial charge in [-0.15, -0.1) is 0 Å². The average molecular weight is 340 g/mol. The second-order valence-electron chi connectivity index (χ2n) is 7.95. The zero-order valence-electron chi connectivity index (χ0n) is 15.6. The predicted molar refractivity (Wildman–Crippen MR) is 91.6 cm³/mol. The number of ether oxygens (including phenoxy) is 2. The zero-order valence-corrected chi connectivity index (χ0v) is 15.6. The van der Waals surface area contributed by atoms with Crippen LogP contribution < -0.4 is 5.32 Å². The SMILES string of the molecule is COC(=O)N[C@H](C(=O)N1CC2(CCOCC2)C[C@H]1C(C)C)C(C)C. The third-order valence-electron chi connectivity index (χ3n) is 5.55. The van der Waals surface area contributed by atoms with Crippen molar-refractivity contribution in [1.82, 2.24) is 10.2 Å². The van der Waals surface area contributed by atoms with Crippen molar-refractivity contribution in [3.63, 3.8) is 0 Å². The summed E-state index contributed by atoms with van der Waals surface area (Å²) in [4.78, 5) is 26.9. The summed E-state index contributed by atoms with van der Waals surface area (Å²) in [5.74, 6) is 0.412. The van der Waals surface area contributed by atoms with Gasteiger partial charge in [0.25, 0.3) is 0 Å². The lowest BCUT2D eigenvalue weighted by Crippen LogP contribution is -2.53. The highest BCUT2D eigenvalue weighted by Gasteiger charge is 2.48. The van der Waals surface area contributed by atoms with Crippen LogP contribution in [-0.2, 0) is 14.3 Å². The van der Waals surface area contributed by atoms with E-state index >= 15 is 0 Å². The van der Waals surface area contributed by atoms with Crippen LogP contribution in [0.1, 0.15) is 47.0 Å². The first-order valence-electron chi connectivity index (χ1n) is 9.02. The van der Waals surface area contributed by atoms with Crippen LogP contribution in [0.15, 0.2) is 0 Å². The van der Waals surface area contributed by atoms with Gasteiger partial charge < -0.3 is 19.7 Å². The van der Waals surface area contributed by atoms with Crippen molar-refractivity contribution < 1.29 is 19.1 Å². The topological polar surface area (TPSA) is 67.9 Å². The van der Waals surface area contributed by atoms with E-state index in [1.807, 2.05) is 18.7 Å². The maximum absolute atomic E-state index is 13.2. The highest BCUT2D eigenvalue weighted by Crippen LogP contribution is 2.45. The van der Waals surface area contributed by atoms with Crippen molar-refractivity contribution in [2.45, 2.75) is 59.0 Å². The second kappa shape index (κ2) is 7.72. The summed E-state index contributed by atoms with van der Waals surface area (Å²) in [7, 11) is 1.32. The summed E-state index contributed by atoms with van der Waals surface area (Å²) >= 11 is 0. The quantitative estimate of drug-likeness (QED) is 0.853. The van der Waals surface area contributed by atoms with Crippen LogP contribution in [0.2, 0.25) is 0 Å². The van der Waals surface area contributed by atoms with E-state index in [0.717, 1.165) is 39.0 Å². The van der Waals surface area contributed by atoms with Crippen LogP contribution in [0, 0.1) is 17.3 Å². The maximum Gasteiger partial charge on any atom is 0.407 e. The molecule has 1 N–H and O–H groups in total. The number of hydrogen-bond donors (Lipinski definition) is 1. The second-order valence-corrected chi connectivity index (χ2v) is 7.95. The Hall–Kier alpha value is -1.30. The van der Waals surface area contributed by atoms with E-state index in [-0.39, 0.29) is 23.3 Å². The van der Waals surface area contributed by atoms with E-state index in [0.29, 0.717) is 5.92 Å². The van der Waals surface area contributed by atoms with Crippen LogP contribution in [0.4, 0.5) is 4.79 Å². The number of nitrogens with zero attached hydrogens (tertiary/aromatic N) is 1. The molecule has 2 rings (SSSR count). The van der Waals surface area contributed by atoms with E-state index in [2.05, 4.69) is 19.2 Å². The molecule has 6 heteroatoms. The van der Waals surface area contributed by atoms with Gasteiger partial charge in [0.2, 0.25) is 5.91 Å². The first kappa shape index (κ1) is 19.0. The van der Waals surface area contributed by atoms with Crippen molar-refractivity contribution >= 4 is 12.0 Å². The number of carbonyl (C=O) groups is 2. The molecule has 138 valence electrons. The van der Waals surface area contributed by atoms with Gasteiger partial charge in [0, 0.05) is 25.8 Å². The Bertz CT molecular complexity index is 458. The lowest BCUT2D eigenvalue weighted by Gasteiger charge is -2.34. The van der Waals surface area contributed by atoms with Crippen molar-refractivity contribution in [3.8, 4) is 0 Å². The number of rotatable bonds is 4. The van der Waals surface area contributed by atoms with Gasteiger partial charge in [-0.3, -0.25) is 4.79 Å². The molecule has 0 radical (unpaired) electrons. The fourth-order valence-electron chi connectivity index (χ4n) is 3.98. The standard InChI is InChI=1S/C18H32N2O4/c1-12(2)14-10-18(6-8-24-9-7-18)11-20(14)16(21)15(13(3)4)19-17(22)23-5/h12-15H,6-11H2,1-5H3,(H,19,22)/t14-,15-/m0/s1. The van der Waals surface area contributed by atoms with Crippen LogP contribution in [-0.4, -0.2) is 55.9 Å². The van der Waals surface area contributed by atoms with Crippen LogP contribution >= 0.6 is 0 Å². The molecular weight excluding hydrogens is 308 g/mol. The lowest BCUT2D eigenvalue weighted by molar-refractivity contribution is -0.136. The first-order chi connectivity index (χ1) is 11.3. The molecule has 24 heavy (non-hydrogen) atoms. The molecule has 0 saturated carbocycles. The molecule has 6 nitrogen and oxygen atoms in total. The van der Waals surface area contributed by atoms with E-state index in [4.69, 9.17) is 9.47 Å². The summed E-state index contributed by atoms with van der Waals surface area (Å²) in [6.07, 6.45) is 2.50. The number of nitrogens with one attached hydrogen (secondary N) is 1. The van der Waals surface area contributed by atoms with Gasteiger partial charge in [-0.1, -0.05) is 27.7 Å². The Morgan fingerprint density at radius 1 is 1.21 bits per heavy atom. The lowest BCUT2D eigenvalue weighted by atomic mass is 9.77. The van der Waals surface area contributed by atoms with E-state index < -0.39 is 12.1 Å². The molecule has 2 saturated heterocycles. The minimum atomic E-state index is -0.553.